The van der Waals surface area contributed by atoms with Gasteiger partial charge in [-0.2, -0.15) is 13.2 Å². The molecule has 3 heterocycles. The number of pyridine rings is 1. The first-order chi connectivity index (χ1) is 13.4. The number of thiazole rings is 1. The van der Waals surface area contributed by atoms with Gasteiger partial charge in [-0.1, -0.05) is 30.3 Å². The molecule has 0 spiro atoms. The van der Waals surface area contributed by atoms with E-state index in [2.05, 4.69) is 15.3 Å². The minimum absolute atomic E-state index is 0.0871. The first-order valence-corrected chi connectivity index (χ1v) is 9.11. The van der Waals surface area contributed by atoms with E-state index in [0.717, 1.165) is 44.1 Å². The van der Waals surface area contributed by atoms with E-state index in [4.69, 9.17) is 0 Å². The van der Waals surface area contributed by atoms with E-state index < -0.39 is 11.9 Å². The summed E-state index contributed by atoms with van der Waals surface area (Å²) in [6.45, 7) is 0. The molecule has 0 fully saturated rings. The van der Waals surface area contributed by atoms with Gasteiger partial charge in [0.1, 0.15) is 16.9 Å². The van der Waals surface area contributed by atoms with Crippen molar-refractivity contribution in [3.8, 4) is 11.1 Å². The number of amides is 1. The van der Waals surface area contributed by atoms with Crippen molar-refractivity contribution >= 4 is 27.9 Å². The average molecular weight is 402 g/mol. The van der Waals surface area contributed by atoms with Crippen LogP contribution in [0.5, 0.6) is 0 Å². The summed E-state index contributed by atoms with van der Waals surface area (Å²) in [5, 5.41) is 3.59. The van der Waals surface area contributed by atoms with Crippen molar-refractivity contribution < 1.29 is 18.0 Å². The molecule has 0 atom stereocenters. The number of carbonyl (C=O) groups is 1. The number of hydrogen-bond acceptors (Lipinski definition) is 4. The molecular formula is C19H13F3N4OS. The van der Waals surface area contributed by atoms with Crippen LogP contribution in [-0.2, 0) is 17.4 Å². The number of nitrogens with one attached hydrogen (secondary N) is 1. The lowest BCUT2D eigenvalue weighted by Crippen LogP contribution is -2.14. The smallest absolute Gasteiger partial charge is 0.308 e. The quantitative estimate of drug-likeness (QED) is 0.540. The third kappa shape index (κ3) is 3.61. The van der Waals surface area contributed by atoms with Gasteiger partial charge >= 0.3 is 6.18 Å². The van der Waals surface area contributed by atoms with Crippen LogP contribution in [0.1, 0.15) is 11.3 Å². The Morgan fingerprint density at radius 1 is 1.14 bits per heavy atom. The van der Waals surface area contributed by atoms with Gasteiger partial charge in [-0.25, -0.2) is 4.98 Å². The van der Waals surface area contributed by atoms with E-state index in [1.807, 2.05) is 36.4 Å². The Morgan fingerprint density at radius 3 is 2.61 bits per heavy atom. The van der Waals surface area contributed by atoms with Gasteiger partial charge in [0.05, 0.1) is 6.42 Å². The second-order valence-corrected chi connectivity index (χ2v) is 6.91. The third-order valence-corrected chi connectivity index (χ3v) is 5.08. The number of benzene rings is 1. The van der Waals surface area contributed by atoms with Gasteiger partial charge < -0.3 is 5.32 Å². The molecule has 0 aliphatic heterocycles. The fourth-order valence-electron chi connectivity index (χ4n) is 2.79. The highest BCUT2D eigenvalue weighted by atomic mass is 32.1. The van der Waals surface area contributed by atoms with Crippen LogP contribution < -0.4 is 5.32 Å². The monoisotopic (exact) mass is 402 g/mol. The molecule has 1 amide bonds. The Bertz CT molecular complexity index is 1120. The van der Waals surface area contributed by atoms with E-state index in [0.29, 0.717) is 0 Å². The Labute approximate surface area is 161 Å². The molecule has 3 aromatic heterocycles. The van der Waals surface area contributed by atoms with Crippen molar-refractivity contribution in [3.63, 3.8) is 0 Å². The summed E-state index contributed by atoms with van der Waals surface area (Å²) >= 11 is 0.882. The van der Waals surface area contributed by atoms with Crippen LogP contribution in [0.4, 0.5) is 19.0 Å². The maximum Gasteiger partial charge on any atom is 0.432 e. The number of nitrogens with zero attached hydrogens (tertiary/aromatic N) is 3. The number of halogens is 3. The van der Waals surface area contributed by atoms with Crippen LogP contribution >= 0.6 is 11.3 Å². The first-order valence-electron chi connectivity index (χ1n) is 8.23. The molecule has 0 saturated carbocycles. The van der Waals surface area contributed by atoms with Crippen molar-refractivity contribution in [1.82, 2.24) is 14.4 Å². The third-order valence-electron chi connectivity index (χ3n) is 4.13. The summed E-state index contributed by atoms with van der Waals surface area (Å²) in [7, 11) is 0. The van der Waals surface area contributed by atoms with Gasteiger partial charge in [-0.15, -0.1) is 11.3 Å². The largest absolute Gasteiger partial charge is 0.432 e. The molecule has 9 heteroatoms. The number of hydrogen-bond donors (Lipinski definition) is 1. The lowest BCUT2D eigenvalue weighted by molar-refractivity contribution is -0.141. The Hall–Kier alpha value is -3.20. The minimum atomic E-state index is -4.48. The molecule has 0 bridgehead atoms. The highest BCUT2D eigenvalue weighted by molar-refractivity contribution is 7.16. The normalized spacial score (nSPS) is 11.7. The number of fused-ring (bicyclic) bond motifs is 1. The van der Waals surface area contributed by atoms with Gasteiger partial charge in [-0.05, 0) is 22.8 Å². The maximum atomic E-state index is 12.9. The maximum absolute atomic E-state index is 12.9. The molecule has 0 radical (unpaired) electrons. The Morgan fingerprint density at radius 2 is 1.93 bits per heavy atom. The molecule has 0 unspecified atom stereocenters. The van der Waals surface area contributed by atoms with Gasteiger partial charge in [0.25, 0.3) is 0 Å². The van der Waals surface area contributed by atoms with Gasteiger partial charge in [0.15, 0.2) is 5.82 Å². The molecule has 5 nitrogen and oxygen atoms in total. The topological polar surface area (TPSA) is 59.3 Å². The van der Waals surface area contributed by atoms with E-state index in [1.165, 1.54) is 0 Å². The van der Waals surface area contributed by atoms with Gasteiger partial charge in [-0.3, -0.25) is 14.2 Å². The molecule has 0 aliphatic carbocycles. The number of rotatable bonds is 4. The number of anilines is 1. The highest BCUT2D eigenvalue weighted by Crippen LogP contribution is 2.35. The minimum Gasteiger partial charge on any atom is -0.308 e. The summed E-state index contributed by atoms with van der Waals surface area (Å²) in [4.78, 5) is 20.5. The van der Waals surface area contributed by atoms with Crippen molar-refractivity contribution in [3.05, 3.63) is 71.8 Å². The number of alkyl halides is 3. The molecular weight excluding hydrogens is 389 g/mol. The van der Waals surface area contributed by atoms with Crippen LogP contribution in [0.15, 0.2) is 60.5 Å². The van der Waals surface area contributed by atoms with Crippen molar-refractivity contribution in [1.29, 1.82) is 0 Å². The van der Waals surface area contributed by atoms with Crippen LogP contribution in [0, 0.1) is 0 Å². The lowest BCUT2D eigenvalue weighted by Gasteiger charge is -2.05. The van der Waals surface area contributed by atoms with Crippen molar-refractivity contribution in [2.75, 3.05) is 5.32 Å². The number of carbonyl (C=O) groups excluding carboxylic acids is 1. The first kappa shape index (κ1) is 18.2. The van der Waals surface area contributed by atoms with E-state index >= 15 is 0 Å². The van der Waals surface area contributed by atoms with Crippen LogP contribution in [-0.4, -0.2) is 20.3 Å². The molecule has 4 rings (SSSR count). The standard InChI is InChI=1S/C19H13F3N4OS/c20-19(21,22)15-10-28-18-17(24-11-26(15)18)25-16(27)8-12-3-5-13(6-4-12)14-2-1-7-23-9-14/h1-7,9-11H,8H2,(H,25,27). The Kier molecular flexibility index (Phi) is 4.60. The molecule has 1 aromatic carbocycles. The molecule has 142 valence electrons. The van der Waals surface area contributed by atoms with E-state index in [-0.39, 0.29) is 23.0 Å². The molecule has 0 aliphatic rings. The molecule has 4 aromatic rings. The molecule has 1 N–H and O–H groups in total. The number of aromatic nitrogens is 3. The fourth-order valence-corrected chi connectivity index (χ4v) is 3.73. The van der Waals surface area contributed by atoms with Crippen LogP contribution in [0.25, 0.3) is 16.0 Å². The predicted molar refractivity (Wildman–Crippen MR) is 100 cm³/mol. The summed E-state index contributed by atoms with van der Waals surface area (Å²) in [6.07, 6.45) is 0.120. The summed E-state index contributed by atoms with van der Waals surface area (Å²) in [5.41, 5.74) is 1.91. The van der Waals surface area contributed by atoms with Gasteiger partial charge in [0.2, 0.25) is 5.91 Å². The zero-order valence-electron chi connectivity index (χ0n) is 14.3. The fraction of sp³-hybridized carbons (Fsp3) is 0.105. The average Bonchev–Trinajstić information content (AvgIpc) is 3.26. The van der Waals surface area contributed by atoms with Gasteiger partial charge in [0, 0.05) is 17.8 Å². The van der Waals surface area contributed by atoms with E-state index in [1.54, 1.807) is 12.4 Å². The Balaban J connectivity index is 1.46. The lowest BCUT2D eigenvalue weighted by atomic mass is 10.0. The second-order valence-electron chi connectivity index (χ2n) is 6.05. The summed E-state index contributed by atoms with van der Waals surface area (Å²) in [6, 6.07) is 11.2. The van der Waals surface area contributed by atoms with Crippen LogP contribution in [0.2, 0.25) is 0 Å². The zero-order chi connectivity index (χ0) is 19.7. The van der Waals surface area contributed by atoms with Crippen LogP contribution in [0.3, 0.4) is 0 Å². The van der Waals surface area contributed by atoms with E-state index in [9.17, 15) is 18.0 Å². The molecule has 28 heavy (non-hydrogen) atoms. The number of imidazole rings is 1. The summed E-state index contributed by atoms with van der Waals surface area (Å²) < 4.78 is 39.7. The predicted octanol–water partition coefficient (Wildman–Crippen LogP) is 4.66. The summed E-state index contributed by atoms with van der Waals surface area (Å²) in [5.74, 6) is -0.228. The zero-order valence-corrected chi connectivity index (χ0v) is 15.1. The molecule has 0 saturated heterocycles. The van der Waals surface area contributed by atoms with Crippen molar-refractivity contribution in [2.45, 2.75) is 12.6 Å². The SMILES string of the molecule is O=C(Cc1ccc(-c2cccnc2)cc1)Nc1ncn2c(C(F)(F)F)csc12. The highest BCUT2D eigenvalue weighted by Gasteiger charge is 2.35. The van der Waals surface area contributed by atoms with Crippen molar-refractivity contribution in [2.24, 2.45) is 0 Å². The second kappa shape index (κ2) is 7.08.